The number of rotatable bonds is 11. The zero-order valence-corrected chi connectivity index (χ0v) is 45.2. The zero-order chi connectivity index (χ0) is 55.1. The van der Waals surface area contributed by atoms with Crippen LogP contribution in [0.1, 0.15) is 123 Å². The summed E-state index contributed by atoms with van der Waals surface area (Å²) in [5.74, 6) is -2.82. The molecular weight excluding hydrogens is 1020 g/mol. The molecule has 414 valence electrons. The van der Waals surface area contributed by atoms with Gasteiger partial charge in [0.15, 0.2) is 5.82 Å². The quantitative estimate of drug-likeness (QED) is 0.0871. The fourth-order valence-electron chi connectivity index (χ4n) is 14.1. The van der Waals surface area contributed by atoms with Crippen LogP contribution in [0.25, 0.3) is 22.3 Å². The number of likely N-dealkylation sites (tertiary alicyclic amines) is 3. The Hall–Kier alpha value is -7.80. The number of amides is 7. The fourth-order valence-corrected chi connectivity index (χ4v) is 14.1. The standard InChI is InChI=1S/C61H66FN11O7/c1-35(2)71-34-63-48-32-47(66-54(53(48)71)65-45-11-5-4-10-44(45)62)37-15-18-43-50(29-37)72(41-30-40(31-41)68-24-6-3-7-25-68)60(80)61(43)22-27-69(28-23-61)57(77)38-21-26-70(33-38)56(76)36-13-16-39(17-14-36)64-46-12-8-9-42-52(46)59(79)73(58(42)78)49-19-20-51(74)67-55(49)75/h4-5,8-13,15-16,18,29,32,34-36,38-41,49,64H,3,6-7,14,17,19-28,30-31,33H2,1-2H3,(H,65,66)(H,67,74,75)/t36-,38+,39?,40?,41?,49?/m0/s1. The van der Waals surface area contributed by atoms with E-state index >= 15 is 9.18 Å². The number of imide groups is 2. The molecule has 8 heterocycles. The highest BCUT2D eigenvalue weighted by atomic mass is 19.1. The Morgan fingerprint density at radius 2 is 1.56 bits per heavy atom. The minimum Gasteiger partial charge on any atom is -0.378 e. The molecule has 0 radical (unpaired) electrons. The lowest BCUT2D eigenvalue weighted by molar-refractivity contribution is -0.140. The summed E-state index contributed by atoms with van der Waals surface area (Å²) in [4.78, 5) is 115. The summed E-state index contributed by atoms with van der Waals surface area (Å²) in [7, 11) is 0. The predicted octanol–water partition coefficient (Wildman–Crippen LogP) is 7.48. The van der Waals surface area contributed by atoms with Gasteiger partial charge in [0.25, 0.3) is 11.8 Å². The van der Waals surface area contributed by atoms with Gasteiger partial charge in [0.05, 0.1) is 51.6 Å². The first-order valence-corrected chi connectivity index (χ1v) is 28.7. The molecule has 5 fully saturated rings. The first kappa shape index (κ1) is 51.6. The maximum Gasteiger partial charge on any atom is 0.264 e. The van der Waals surface area contributed by atoms with Crippen LogP contribution in [0, 0.1) is 17.7 Å². The molecule has 6 aliphatic heterocycles. The Labute approximate surface area is 463 Å². The summed E-state index contributed by atoms with van der Waals surface area (Å²) in [6, 6.07) is 19.0. The number of anilines is 4. The minimum atomic E-state index is -1.07. The van der Waals surface area contributed by atoms with Crippen molar-refractivity contribution in [3.8, 4) is 11.3 Å². The molecule has 1 saturated carbocycles. The van der Waals surface area contributed by atoms with Crippen molar-refractivity contribution in [1.82, 2.24) is 39.5 Å². The van der Waals surface area contributed by atoms with E-state index in [1.54, 1.807) is 47.6 Å². The SMILES string of the molecule is CC(C)n1cnc2cc(-c3ccc4c(c3)N(C3CC(N5CCCCC5)C3)C(=O)C43CCN(C(=O)[C@@H]4CCN(C(=O)[C@H]5C=CC(Nc6cccc7c6C(=O)N(C6CCC(=O)NC6=O)C7=O)CC5)C4)CC3)nc(Nc3ccccc3F)c21. The van der Waals surface area contributed by atoms with Crippen molar-refractivity contribution in [2.75, 3.05) is 54.8 Å². The summed E-state index contributed by atoms with van der Waals surface area (Å²) in [5.41, 5.74) is 5.17. The number of imidazole rings is 1. The van der Waals surface area contributed by atoms with Gasteiger partial charge in [0.1, 0.15) is 17.4 Å². The molecule has 4 saturated heterocycles. The molecule has 5 aromatic rings. The summed E-state index contributed by atoms with van der Waals surface area (Å²) < 4.78 is 17.2. The van der Waals surface area contributed by atoms with E-state index < -0.39 is 40.9 Å². The topological polar surface area (TPSA) is 202 Å². The van der Waals surface area contributed by atoms with Crippen molar-refractivity contribution >= 4 is 75.3 Å². The highest BCUT2D eigenvalue weighted by molar-refractivity contribution is 6.25. The van der Waals surface area contributed by atoms with Crippen LogP contribution in [0.4, 0.5) is 27.3 Å². The lowest BCUT2D eigenvalue weighted by Crippen LogP contribution is -2.58. The van der Waals surface area contributed by atoms with Gasteiger partial charge in [-0.15, -0.1) is 0 Å². The Balaban J connectivity index is 0.686. The van der Waals surface area contributed by atoms with E-state index in [4.69, 9.17) is 9.97 Å². The van der Waals surface area contributed by atoms with Crippen molar-refractivity contribution in [3.63, 3.8) is 0 Å². The second-order valence-corrected chi connectivity index (χ2v) is 23.5. The number of halogens is 1. The molecule has 1 spiro atoms. The number of carbonyl (C=O) groups excluding carboxylic acids is 7. The number of hydrogen-bond acceptors (Lipinski definition) is 12. The fraction of sp³-hybridized carbons (Fsp3) is 0.459. The second kappa shape index (κ2) is 20.4. The third kappa shape index (κ3) is 8.82. The number of aromatic nitrogens is 3. The number of fused-ring (bicyclic) bond motifs is 4. The maximum atomic E-state index is 15.3. The number of para-hydroxylation sites is 1. The van der Waals surface area contributed by atoms with E-state index in [0.717, 1.165) is 53.2 Å². The monoisotopic (exact) mass is 1080 g/mol. The molecule has 13 rings (SSSR count). The van der Waals surface area contributed by atoms with Gasteiger partial charge in [-0.2, -0.15) is 0 Å². The number of piperidine rings is 3. The molecule has 18 nitrogen and oxygen atoms in total. The van der Waals surface area contributed by atoms with Crippen LogP contribution in [0.15, 0.2) is 85.2 Å². The molecule has 2 unspecified atom stereocenters. The molecule has 19 heteroatoms. The van der Waals surface area contributed by atoms with Gasteiger partial charge in [-0.25, -0.2) is 14.4 Å². The second-order valence-electron chi connectivity index (χ2n) is 23.5. The third-order valence-electron chi connectivity index (χ3n) is 18.6. The minimum absolute atomic E-state index is 0.0144. The van der Waals surface area contributed by atoms with Crippen LogP contribution < -0.4 is 20.9 Å². The van der Waals surface area contributed by atoms with E-state index in [2.05, 4.69) is 51.7 Å². The number of carbonyl (C=O) groups is 7. The van der Waals surface area contributed by atoms with Crippen LogP contribution >= 0.6 is 0 Å². The van der Waals surface area contributed by atoms with Crippen molar-refractivity contribution < 1.29 is 38.0 Å². The summed E-state index contributed by atoms with van der Waals surface area (Å²) in [6.45, 7) is 7.97. The Morgan fingerprint density at radius 3 is 2.31 bits per heavy atom. The van der Waals surface area contributed by atoms with Crippen LogP contribution in [0.2, 0.25) is 0 Å². The molecule has 2 aromatic heterocycles. The molecule has 3 N–H and O–H groups in total. The van der Waals surface area contributed by atoms with Gasteiger partial charge < -0.3 is 34.8 Å². The molecule has 0 bridgehead atoms. The highest BCUT2D eigenvalue weighted by Gasteiger charge is 2.56. The molecule has 3 aromatic carbocycles. The van der Waals surface area contributed by atoms with E-state index in [-0.39, 0.29) is 71.7 Å². The molecule has 4 atom stereocenters. The lowest BCUT2D eigenvalue weighted by atomic mass is 9.73. The zero-order valence-electron chi connectivity index (χ0n) is 45.2. The Kier molecular flexibility index (Phi) is 13.2. The summed E-state index contributed by atoms with van der Waals surface area (Å²) in [5, 5.41) is 8.89. The predicted molar refractivity (Wildman–Crippen MR) is 297 cm³/mol. The van der Waals surface area contributed by atoms with E-state index in [1.165, 1.54) is 25.3 Å². The van der Waals surface area contributed by atoms with Gasteiger partial charge in [0.2, 0.25) is 29.5 Å². The van der Waals surface area contributed by atoms with Crippen LogP contribution in [-0.4, -0.2) is 139 Å². The van der Waals surface area contributed by atoms with Gasteiger partial charge in [-0.05, 0) is 133 Å². The van der Waals surface area contributed by atoms with E-state index in [9.17, 15) is 28.8 Å². The van der Waals surface area contributed by atoms with Gasteiger partial charge in [-0.1, -0.05) is 48.9 Å². The molecule has 8 aliphatic rings. The van der Waals surface area contributed by atoms with Crippen LogP contribution in [-0.2, 0) is 29.4 Å². The summed E-state index contributed by atoms with van der Waals surface area (Å²) in [6.07, 6.45) is 13.8. The maximum absolute atomic E-state index is 15.3. The largest absolute Gasteiger partial charge is 0.378 e. The Morgan fingerprint density at radius 1 is 0.775 bits per heavy atom. The van der Waals surface area contributed by atoms with Gasteiger partial charge in [0, 0.05) is 73.7 Å². The number of pyridine rings is 1. The van der Waals surface area contributed by atoms with Crippen molar-refractivity contribution in [2.24, 2.45) is 11.8 Å². The van der Waals surface area contributed by atoms with Gasteiger partial charge in [-0.3, -0.25) is 43.8 Å². The Bertz CT molecular complexity index is 3430. The van der Waals surface area contributed by atoms with Crippen LogP contribution in [0.5, 0.6) is 0 Å². The number of nitrogens with one attached hydrogen (secondary N) is 3. The first-order chi connectivity index (χ1) is 38.7. The van der Waals surface area contributed by atoms with Crippen LogP contribution in [0.3, 0.4) is 0 Å². The average molecular weight is 1080 g/mol. The molecule has 7 amide bonds. The van der Waals surface area contributed by atoms with Gasteiger partial charge >= 0.3 is 0 Å². The molecule has 2 aliphatic carbocycles. The molecule has 80 heavy (non-hydrogen) atoms. The third-order valence-corrected chi connectivity index (χ3v) is 18.6. The van der Waals surface area contributed by atoms with Crippen molar-refractivity contribution in [2.45, 2.75) is 127 Å². The highest BCUT2D eigenvalue weighted by Crippen LogP contribution is 2.52. The van der Waals surface area contributed by atoms with Crippen molar-refractivity contribution in [1.29, 1.82) is 0 Å². The normalized spacial score (nSPS) is 25.6. The van der Waals surface area contributed by atoms with Crippen molar-refractivity contribution in [3.05, 3.63) is 108 Å². The number of nitrogens with zero attached hydrogens (tertiary/aromatic N) is 8. The number of hydrogen-bond donors (Lipinski definition) is 3. The average Bonchev–Trinajstić information content (AvgIpc) is 4.43. The summed E-state index contributed by atoms with van der Waals surface area (Å²) >= 11 is 0. The lowest BCUT2D eigenvalue weighted by Gasteiger charge is -2.48. The first-order valence-electron chi connectivity index (χ1n) is 28.7. The van der Waals surface area contributed by atoms with E-state index in [0.29, 0.717) is 92.7 Å². The van der Waals surface area contributed by atoms with E-state index in [1.807, 2.05) is 33.8 Å². The smallest absolute Gasteiger partial charge is 0.264 e. The molecular formula is C61H66FN11O7. The number of benzene rings is 3.